The maximum Gasteiger partial charge on any atom is 0.354 e. The lowest BCUT2D eigenvalue weighted by molar-refractivity contribution is -0.138. The molecule has 0 aliphatic carbocycles. The third-order valence-corrected chi connectivity index (χ3v) is 3.76. The normalized spacial score (nSPS) is 11.2. The van der Waals surface area contributed by atoms with E-state index in [1.54, 1.807) is 12.4 Å². The zero-order valence-electron chi connectivity index (χ0n) is 14.3. The molecule has 0 spiro atoms. The number of nitrogens with zero attached hydrogens (tertiary/aromatic N) is 2. The fraction of sp³-hybridized carbons (Fsp3) is 0.105. The van der Waals surface area contributed by atoms with Gasteiger partial charge in [0.1, 0.15) is 12.0 Å². The lowest BCUT2D eigenvalue weighted by Gasteiger charge is -2.14. The van der Waals surface area contributed by atoms with E-state index < -0.39 is 11.9 Å². The van der Waals surface area contributed by atoms with Crippen molar-refractivity contribution in [2.24, 2.45) is 0 Å². The first-order valence-corrected chi connectivity index (χ1v) is 7.80. The van der Waals surface area contributed by atoms with Gasteiger partial charge in [-0.2, -0.15) is 0 Å². The molecule has 0 atom stereocenters. The Bertz CT molecular complexity index is 991. The molecule has 3 aromatic rings. The molecule has 26 heavy (non-hydrogen) atoms. The van der Waals surface area contributed by atoms with Crippen LogP contribution in [0.3, 0.4) is 0 Å². The summed E-state index contributed by atoms with van der Waals surface area (Å²) in [6, 6.07) is 15.1. The van der Waals surface area contributed by atoms with Crippen molar-refractivity contribution >= 4 is 28.7 Å². The number of aromatic nitrogens is 2. The molecule has 0 saturated carbocycles. The van der Waals surface area contributed by atoms with Gasteiger partial charge in [-0.3, -0.25) is 4.57 Å². The van der Waals surface area contributed by atoms with Crippen molar-refractivity contribution in [2.75, 3.05) is 19.5 Å². The van der Waals surface area contributed by atoms with Gasteiger partial charge in [-0.25, -0.2) is 14.6 Å². The van der Waals surface area contributed by atoms with Crippen LogP contribution in [0.4, 0.5) is 5.69 Å². The third kappa shape index (κ3) is 3.41. The summed E-state index contributed by atoms with van der Waals surface area (Å²) in [5, 5.41) is 2.95. The van der Waals surface area contributed by atoms with Crippen LogP contribution in [0.15, 0.2) is 66.6 Å². The van der Waals surface area contributed by atoms with Crippen molar-refractivity contribution in [3.63, 3.8) is 0 Å². The van der Waals surface area contributed by atoms with Gasteiger partial charge in [-0.15, -0.1) is 0 Å². The molecule has 2 aromatic carbocycles. The molecule has 0 radical (unpaired) electrons. The predicted molar refractivity (Wildman–Crippen MR) is 96.8 cm³/mol. The molecule has 132 valence electrons. The van der Waals surface area contributed by atoms with E-state index in [9.17, 15) is 9.59 Å². The SMILES string of the molecule is COC(=O)/C=C(/Nc1ccccc1-n1cnc2ccccc21)C(=O)OC. The fourth-order valence-electron chi connectivity index (χ4n) is 2.52. The second-order valence-electron chi connectivity index (χ2n) is 5.32. The van der Waals surface area contributed by atoms with Crippen molar-refractivity contribution in [1.82, 2.24) is 9.55 Å². The first-order valence-electron chi connectivity index (χ1n) is 7.80. The summed E-state index contributed by atoms with van der Waals surface area (Å²) in [7, 11) is 2.48. The Morgan fingerprint density at radius 2 is 1.77 bits per heavy atom. The van der Waals surface area contributed by atoms with Crippen molar-refractivity contribution < 1.29 is 19.1 Å². The van der Waals surface area contributed by atoms with Crippen LogP contribution in [0.2, 0.25) is 0 Å². The first kappa shape index (κ1) is 17.2. The monoisotopic (exact) mass is 351 g/mol. The minimum absolute atomic E-state index is 0.0313. The van der Waals surface area contributed by atoms with Crippen LogP contribution in [0.1, 0.15) is 0 Å². The lowest BCUT2D eigenvalue weighted by atomic mass is 10.2. The summed E-state index contributed by atoms with van der Waals surface area (Å²) in [6.07, 6.45) is 2.75. The summed E-state index contributed by atoms with van der Waals surface area (Å²) >= 11 is 0. The van der Waals surface area contributed by atoms with Gasteiger partial charge in [-0.1, -0.05) is 24.3 Å². The van der Waals surface area contributed by atoms with Gasteiger partial charge in [0.15, 0.2) is 0 Å². The highest BCUT2D eigenvalue weighted by atomic mass is 16.5. The number of ether oxygens (including phenoxy) is 2. The number of hydrogen-bond donors (Lipinski definition) is 1. The molecule has 1 N–H and O–H groups in total. The Morgan fingerprint density at radius 1 is 1.04 bits per heavy atom. The average molecular weight is 351 g/mol. The van der Waals surface area contributed by atoms with E-state index in [2.05, 4.69) is 15.0 Å². The zero-order chi connectivity index (χ0) is 18.5. The summed E-state index contributed by atoms with van der Waals surface area (Å²) in [5.74, 6) is -1.34. The van der Waals surface area contributed by atoms with E-state index in [0.717, 1.165) is 22.8 Å². The van der Waals surface area contributed by atoms with Gasteiger partial charge in [0.2, 0.25) is 0 Å². The van der Waals surface area contributed by atoms with E-state index in [-0.39, 0.29) is 5.70 Å². The number of fused-ring (bicyclic) bond motifs is 1. The average Bonchev–Trinajstić information content (AvgIpc) is 3.11. The molecule has 3 rings (SSSR count). The fourth-order valence-corrected chi connectivity index (χ4v) is 2.52. The number of esters is 2. The van der Waals surface area contributed by atoms with E-state index in [4.69, 9.17) is 4.74 Å². The number of hydrogen-bond acceptors (Lipinski definition) is 6. The number of benzene rings is 2. The predicted octanol–water partition coefficient (Wildman–Crippen LogP) is 2.67. The Balaban J connectivity index is 2.05. The van der Waals surface area contributed by atoms with Gasteiger partial charge >= 0.3 is 11.9 Å². The Morgan fingerprint density at radius 3 is 2.54 bits per heavy atom. The highest BCUT2D eigenvalue weighted by Gasteiger charge is 2.15. The number of carbonyl (C=O) groups is 2. The van der Waals surface area contributed by atoms with Crippen LogP contribution < -0.4 is 5.32 Å². The van der Waals surface area contributed by atoms with Crippen LogP contribution in [0.25, 0.3) is 16.7 Å². The molecule has 0 aliphatic heterocycles. The van der Waals surface area contributed by atoms with E-state index in [1.165, 1.54) is 14.2 Å². The Labute approximate surface area is 149 Å². The molecule has 0 saturated heterocycles. The number of carbonyl (C=O) groups excluding carboxylic acids is 2. The van der Waals surface area contributed by atoms with Gasteiger partial charge in [0, 0.05) is 0 Å². The van der Waals surface area contributed by atoms with Gasteiger partial charge in [0.25, 0.3) is 0 Å². The van der Waals surface area contributed by atoms with Gasteiger partial charge in [0.05, 0.1) is 42.7 Å². The molecule has 1 heterocycles. The molecule has 0 unspecified atom stereocenters. The number of imidazole rings is 1. The number of para-hydroxylation sites is 4. The number of methoxy groups -OCH3 is 2. The van der Waals surface area contributed by atoms with Gasteiger partial charge in [-0.05, 0) is 24.3 Å². The molecule has 7 nitrogen and oxygen atoms in total. The maximum atomic E-state index is 12.0. The second-order valence-corrected chi connectivity index (χ2v) is 5.32. The van der Waals surface area contributed by atoms with E-state index >= 15 is 0 Å². The third-order valence-electron chi connectivity index (χ3n) is 3.76. The first-order chi connectivity index (χ1) is 12.6. The Hall–Kier alpha value is -3.61. The molecule has 1 aromatic heterocycles. The second kappa shape index (κ2) is 7.52. The van der Waals surface area contributed by atoms with Crippen LogP contribution in [-0.2, 0) is 19.1 Å². The minimum atomic E-state index is -0.680. The number of anilines is 1. The van der Waals surface area contributed by atoms with Crippen molar-refractivity contribution in [3.05, 3.63) is 66.6 Å². The summed E-state index contributed by atoms with van der Waals surface area (Å²) in [4.78, 5) is 27.9. The van der Waals surface area contributed by atoms with E-state index in [0.29, 0.717) is 5.69 Å². The largest absolute Gasteiger partial charge is 0.466 e. The molecular formula is C19H17N3O4. The minimum Gasteiger partial charge on any atom is -0.466 e. The molecule has 0 fully saturated rings. The zero-order valence-corrected chi connectivity index (χ0v) is 14.3. The van der Waals surface area contributed by atoms with E-state index in [1.807, 2.05) is 47.0 Å². The Kier molecular flexibility index (Phi) is 4.98. The number of rotatable bonds is 5. The highest BCUT2D eigenvalue weighted by molar-refractivity contribution is 5.99. The lowest BCUT2D eigenvalue weighted by Crippen LogP contribution is -2.16. The van der Waals surface area contributed by atoms with Gasteiger partial charge < -0.3 is 14.8 Å². The maximum absolute atomic E-state index is 12.0. The van der Waals surface area contributed by atoms with Crippen LogP contribution >= 0.6 is 0 Å². The highest BCUT2D eigenvalue weighted by Crippen LogP contribution is 2.25. The molecular weight excluding hydrogens is 334 g/mol. The van der Waals surface area contributed by atoms with Crippen molar-refractivity contribution in [3.8, 4) is 5.69 Å². The molecule has 0 aliphatic rings. The molecule has 0 amide bonds. The smallest absolute Gasteiger partial charge is 0.354 e. The molecule has 0 bridgehead atoms. The topological polar surface area (TPSA) is 82.5 Å². The van der Waals surface area contributed by atoms with Crippen LogP contribution in [-0.4, -0.2) is 35.7 Å². The summed E-state index contributed by atoms with van der Waals surface area (Å²) in [6.45, 7) is 0. The van der Waals surface area contributed by atoms with Crippen LogP contribution in [0.5, 0.6) is 0 Å². The summed E-state index contributed by atoms with van der Waals surface area (Å²) < 4.78 is 11.2. The van der Waals surface area contributed by atoms with Crippen LogP contribution in [0, 0.1) is 0 Å². The molecule has 7 heteroatoms. The quantitative estimate of drug-likeness (QED) is 0.562. The van der Waals surface area contributed by atoms with Crippen molar-refractivity contribution in [1.29, 1.82) is 0 Å². The number of nitrogens with one attached hydrogen (secondary N) is 1. The summed E-state index contributed by atoms with van der Waals surface area (Å²) in [5.41, 5.74) is 3.10. The standard InChI is InChI=1S/C19H17N3O4/c1-25-18(23)11-15(19(24)26-2)21-14-8-4-6-10-17(14)22-12-20-13-7-3-5-9-16(13)22/h3-12,21H,1-2H3/b15-11+. The van der Waals surface area contributed by atoms with Crippen molar-refractivity contribution in [2.45, 2.75) is 0 Å².